The lowest BCUT2D eigenvalue weighted by Gasteiger charge is -2.41. The highest BCUT2D eigenvalue weighted by Crippen LogP contribution is 2.64. The molecule has 0 aromatic heterocycles. The summed E-state index contributed by atoms with van der Waals surface area (Å²) in [5.74, 6) is 3.63. The SMILES string of the molecule is Cc1ccc(C)c(C2(N)CC3CC2C2CCCC32)c1. The summed E-state index contributed by atoms with van der Waals surface area (Å²) in [4.78, 5) is 0. The Hall–Kier alpha value is -0.820. The van der Waals surface area contributed by atoms with Gasteiger partial charge in [-0.3, -0.25) is 0 Å². The molecule has 1 aromatic rings. The standard InChI is InChI=1S/C18H25N/c1-11-6-7-12(2)16(8-11)18(19)10-13-9-17(18)15-5-3-4-14(13)15/h6-8,13-15,17H,3-5,9-10,19H2,1-2H3. The fourth-order valence-electron chi connectivity index (χ4n) is 5.74. The molecule has 1 nitrogen and oxygen atoms in total. The molecule has 1 heteroatoms. The molecule has 3 fully saturated rings. The Kier molecular flexibility index (Phi) is 2.42. The van der Waals surface area contributed by atoms with Gasteiger partial charge in [0.1, 0.15) is 0 Å². The van der Waals surface area contributed by atoms with Crippen LogP contribution in [0.4, 0.5) is 0 Å². The van der Waals surface area contributed by atoms with Crippen LogP contribution in [-0.2, 0) is 5.54 Å². The molecule has 5 unspecified atom stereocenters. The molecule has 3 aliphatic rings. The maximum absolute atomic E-state index is 6.99. The third kappa shape index (κ3) is 1.51. The molecule has 102 valence electrons. The first-order chi connectivity index (χ1) is 9.09. The van der Waals surface area contributed by atoms with Crippen LogP contribution >= 0.6 is 0 Å². The molecule has 0 aliphatic heterocycles. The van der Waals surface area contributed by atoms with Crippen molar-refractivity contribution in [3.8, 4) is 0 Å². The van der Waals surface area contributed by atoms with Gasteiger partial charge in [0.2, 0.25) is 0 Å². The van der Waals surface area contributed by atoms with Gasteiger partial charge in [0, 0.05) is 5.54 Å². The van der Waals surface area contributed by atoms with Crippen LogP contribution in [0.25, 0.3) is 0 Å². The summed E-state index contributed by atoms with van der Waals surface area (Å²) in [5, 5.41) is 0. The monoisotopic (exact) mass is 255 g/mol. The zero-order chi connectivity index (χ0) is 13.2. The molecule has 2 N–H and O–H groups in total. The summed E-state index contributed by atoms with van der Waals surface area (Å²) in [6, 6.07) is 6.84. The Bertz CT molecular complexity index is 520. The van der Waals surface area contributed by atoms with Crippen molar-refractivity contribution in [2.75, 3.05) is 0 Å². The van der Waals surface area contributed by atoms with Gasteiger partial charge in [0.15, 0.2) is 0 Å². The Morgan fingerprint density at radius 3 is 2.79 bits per heavy atom. The van der Waals surface area contributed by atoms with Gasteiger partial charge in [-0.2, -0.15) is 0 Å². The molecule has 0 heterocycles. The summed E-state index contributed by atoms with van der Waals surface area (Å²) in [5.41, 5.74) is 11.2. The number of nitrogens with two attached hydrogens (primary N) is 1. The van der Waals surface area contributed by atoms with E-state index in [4.69, 9.17) is 5.73 Å². The van der Waals surface area contributed by atoms with Crippen LogP contribution < -0.4 is 5.73 Å². The average Bonchev–Trinajstić information content (AvgIpc) is 3.02. The summed E-state index contributed by atoms with van der Waals surface area (Å²) in [6.07, 6.45) is 7.01. The fourth-order valence-corrected chi connectivity index (χ4v) is 5.74. The fraction of sp³-hybridized carbons (Fsp3) is 0.667. The lowest BCUT2D eigenvalue weighted by atomic mass is 9.67. The van der Waals surface area contributed by atoms with E-state index in [0.717, 1.165) is 23.7 Å². The van der Waals surface area contributed by atoms with E-state index in [1.54, 1.807) is 0 Å². The second kappa shape index (κ2) is 3.85. The predicted octanol–water partition coefficient (Wildman–Crippen LogP) is 3.91. The number of aryl methyl sites for hydroxylation is 2. The van der Waals surface area contributed by atoms with E-state index in [-0.39, 0.29) is 5.54 Å². The number of benzene rings is 1. The Labute approximate surface area is 116 Å². The van der Waals surface area contributed by atoms with Gasteiger partial charge < -0.3 is 5.73 Å². The minimum atomic E-state index is -0.0216. The number of fused-ring (bicyclic) bond motifs is 5. The topological polar surface area (TPSA) is 26.0 Å². The van der Waals surface area contributed by atoms with Crippen molar-refractivity contribution in [2.45, 2.75) is 51.5 Å². The molecular weight excluding hydrogens is 230 g/mol. The molecule has 5 atom stereocenters. The van der Waals surface area contributed by atoms with Crippen LogP contribution in [-0.4, -0.2) is 0 Å². The van der Waals surface area contributed by atoms with Crippen molar-refractivity contribution in [3.05, 3.63) is 34.9 Å². The number of hydrogen-bond donors (Lipinski definition) is 1. The summed E-state index contributed by atoms with van der Waals surface area (Å²) in [7, 11) is 0. The van der Waals surface area contributed by atoms with Crippen molar-refractivity contribution in [3.63, 3.8) is 0 Å². The van der Waals surface area contributed by atoms with Gasteiger partial charge in [-0.25, -0.2) is 0 Å². The zero-order valence-electron chi connectivity index (χ0n) is 12.2. The first kappa shape index (κ1) is 12.0. The van der Waals surface area contributed by atoms with E-state index >= 15 is 0 Å². The normalized spacial score (nSPS) is 43.7. The molecule has 0 amide bonds. The van der Waals surface area contributed by atoms with Crippen LogP contribution in [0.1, 0.15) is 48.8 Å². The van der Waals surface area contributed by atoms with Gasteiger partial charge >= 0.3 is 0 Å². The highest BCUT2D eigenvalue weighted by atomic mass is 14.8. The Morgan fingerprint density at radius 2 is 1.95 bits per heavy atom. The van der Waals surface area contributed by atoms with Crippen LogP contribution in [0.3, 0.4) is 0 Å². The number of hydrogen-bond acceptors (Lipinski definition) is 1. The van der Waals surface area contributed by atoms with E-state index < -0.39 is 0 Å². The Morgan fingerprint density at radius 1 is 1.16 bits per heavy atom. The third-order valence-corrected chi connectivity index (χ3v) is 6.46. The van der Waals surface area contributed by atoms with E-state index in [1.165, 1.54) is 48.8 Å². The molecule has 3 aliphatic carbocycles. The second-order valence-corrected chi connectivity index (χ2v) is 7.42. The van der Waals surface area contributed by atoms with Crippen molar-refractivity contribution in [1.29, 1.82) is 0 Å². The largest absolute Gasteiger partial charge is 0.321 e. The molecule has 0 saturated heterocycles. The molecule has 0 radical (unpaired) electrons. The highest BCUT2D eigenvalue weighted by Gasteiger charge is 2.60. The van der Waals surface area contributed by atoms with Crippen LogP contribution in [0.5, 0.6) is 0 Å². The van der Waals surface area contributed by atoms with Crippen LogP contribution in [0.2, 0.25) is 0 Å². The van der Waals surface area contributed by atoms with Gasteiger partial charge in [-0.1, -0.05) is 30.2 Å². The lowest BCUT2D eigenvalue weighted by molar-refractivity contribution is 0.156. The first-order valence-corrected chi connectivity index (χ1v) is 7.96. The van der Waals surface area contributed by atoms with Crippen LogP contribution in [0.15, 0.2) is 18.2 Å². The van der Waals surface area contributed by atoms with Crippen molar-refractivity contribution < 1.29 is 0 Å². The minimum absolute atomic E-state index is 0.0216. The minimum Gasteiger partial charge on any atom is -0.321 e. The smallest absolute Gasteiger partial charge is 0.0446 e. The molecule has 3 saturated carbocycles. The van der Waals surface area contributed by atoms with Crippen molar-refractivity contribution in [2.24, 2.45) is 29.4 Å². The quantitative estimate of drug-likeness (QED) is 0.809. The van der Waals surface area contributed by atoms with Crippen LogP contribution in [0, 0.1) is 37.5 Å². The zero-order valence-corrected chi connectivity index (χ0v) is 12.2. The van der Waals surface area contributed by atoms with E-state index in [0.29, 0.717) is 0 Å². The Balaban J connectivity index is 1.77. The average molecular weight is 255 g/mol. The lowest BCUT2D eigenvalue weighted by Crippen LogP contribution is -2.47. The van der Waals surface area contributed by atoms with Crippen molar-refractivity contribution in [1.82, 2.24) is 0 Å². The van der Waals surface area contributed by atoms with E-state index in [1.807, 2.05) is 0 Å². The van der Waals surface area contributed by atoms with Crippen molar-refractivity contribution >= 4 is 0 Å². The third-order valence-electron chi connectivity index (χ3n) is 6.46. The van der Waals surface area contributed by atoms with Gasteiger partial charge in [0.05, 0.1) is 0 Å². The maximum Gasteiger partial charge on any atom is 0.0446 e. The first-order valence-electron chi connectivity index (χ1n) is 7.96. The molecule has 2 bridgehead atoms. The predicted molar refractivity (Wildman–Crippen MR) is 78.8 cm³/mol. The summed E-state index contributed by atoms with van der Waals surface area (Å²) in [6.45, 7) is 4.43. The molecule has 4 rings (SSSR count). The maximum atomic E-state index is 6.99. The summed E-state index contributed by atoms with van der Waals surface area (Å²) < 4.78 is 0. The molecule has 19 heavy (non-hydrogen) atoms. The van der Waals surface area contributed by atoms with Gasteiger partial charge in [-0.15, -0.1) is 0 Å². The summed E-state index contributed by atoms with van der Waals surface area (Å²) >= 11 is 0. The highest BCUT2D eigenvalue weighted by molar-refractivity contribution is 5.39. The van der Waals surface area contributed by atoms with E-state index in [9.17, 15) is 0 Å². The van der Waals surface area contributed by atoms with Gasteiger partial charge in [0.25, 0.3) is 0 Å². The van der Waals surface area contributed by atoms with Gasteiger partial charge in [-0.05, 0) is 74.3 Å². The second-order valence-electron chi connectivity index (χ2n) is 7.42. The molecular formula is C18H25N. The number of rotatable bonds is 1. The van der Waals surface area contributed by atoms with E-state index in [2.05, 4.69) is 32.0 Å². The molecule has 0 spiro atoms. The molecule has 1 aromatic carbocycles.